The molecule has 2 aromatic rings. The molecule has 0 fully saturated rings. The van der Waals surface area contributed by atoms with E-state index in [1.54, 1.807) is 14.2 Å². The van der Waals surface area contributed by atoms with E-state index in [9.17, 15) is 4.79 Å². The molecule has 0 bridgehead atoms. The lowest BCUT2D eigenvalue weighted by atomic mass is 10.2. The first-order valence-corrected chi connectivity index (χ1v) is 8.39. The van der Waals surface area contributed by atoms with Gasteiger partial charge in [-0.05, 0) is 44.2 Å². The average molecular weight is 345 g/mol. The maximum Gasteiger partial charge on any atom is 0.253 e. The van der Waals surface area contributed by atoms with Gasteiger partial charge in [0.05, 0.1) is 19.3 Å². The van der Waals surface area contributed by atoms with Crippen molar-refractivity contribution in [2.75, 3.05) is 40.5 Å². The Labute approximate surface area is 149 Å². The van der Waals surface area contributed by atoms with Crippen molar-refractivity contribution in [3.8, 4) is 11.4 Å². The zero-order valence-electron chi connectivity index (χ0n) is 15.4. The number of aromatic nitrogens is 1. The Bertz CT molecular complexity index is 693. The number of amides is 1. The second-order valence-electron chi connectivity index (χ2n) is 5.82. The first kappa shape index (κ1) is 19.0. The van der Waals surface area contributed by atoms with Crippen LogP contribution in [0.4, 0.5) is 0 Å². The summed E-state index contributed by atoms with van der Waals surface area (Å²) >= 11 is 0. The van der Waals surface area contributed by atoms with Crippen LogP contribution in [0.5, 0.6) is 5.75 Å². The van der Waals surface area contributed by atoms with Crippen LogP contribution in [0.2, 0.25) is 0 Å². The van der Waals surface area contributed by atoms with Gasteiger partial charge in [-0.15, -0.1) is 0 Å². The second-order valence-corrected chi connectivity index (χ2v) is 5.82. The number of aryl methyl sites for hydroxylation is 1. The quantitative estimate of drug-likeness (QED) is 0.683. The third-order valence-corrected chi connectivity index (χ3v) is 4.08. The Morgan fingerprint density at radius 2 is 1.80 bits per heavy atom. The first-order valence-electron chi connectivity index (χ1n) is 8.39. The fourth-order valence-corrected chi connectivity index (χ4v) is 2.78. The molecule has 0 unspecified atom stereocenters. The molecule has 25 heavy (non-hydrogen) atoms. The molecule has 6 nitrogen and oxygen atoms in total. The summed E-state index contributed by atoms with van der Waals surface area (Å²) in [6.45, 7) is 6.69. The number of ether oxygens (including phenoxy) is 2. The zero-order chi connectivity index (χ0) is 18.2. The maximum atomic E-state index is 12.5. The standard InChI is InChI=1S/C19H27N3O3/c1-14-13-18(19(23)21-10-9-20-11-12-24-3)15(2)22(14)16-5-7-17(25-4)8-6-16/h5-8,13,20H,9-12H2,1-4H3,(H,21,23). The molecular weight excluding hydrogens is 318 g/mol. The Morgan fingerprint density at radius 3 is 2.44 bits per heavy atom. The van der Waals surface area contributed by atoms with Gasteiger partial charge in [-0.1, -0.05) is 0 Å². The molecule has 2 N–H and O–H groups in total. The lowest BCUT2D eigenvalue weighted by molar-refractivity contribution is 0.0953. The zero-order valence-corrected chi connectivity index (χ0v) is 15.4. The van der Waals surface area contributed by atoms with Gasteiger partial charge in [-0.25, -0.2) is 0 Å². The molecule has 0 spiro atoms. The lowest BCUT2D eigenvalue weighted by Crippen LogP contribution is -2.33. The van der Waals surface area contributed by atoms with E-state index in [1.807, 2.05) is 44.2 Å². The van der Waals surface area contributed by atoms with E-state index in [2.05, 4.69) is 15.2 Å². The number of hydrogen-bond acceptors (Lipinski definition) is 4. The van der Waals surface area contributed by atoms with E-state index in [1.165, 1.54) is 0 Å². The third-order valence-electron chi connectivity index (χ3n) is 4.08. The molecule has 0 saturated carbocycles. The minimum Gasteiger partial charge on any atom is -0.497 e. The molecular formula is C19H27N3O3. The molecule has 0 aliphatic carbocycles. The molecule has 6 heteroatoms. The van der Waals surface area contributed by atoms with E-state index in [-0.39, 0.29) is 5.91 Å². The van der Waals surface area contributed by atoms with Gasteiger partial charge in [-0.3, -0.25) is 4.79 Å². The Morgan fingerprint density at radius 1 is 1.08 bits per heavy atom. The highest BCUT2D eigenvalue weighted by Crippen LogP contribution is 2.22. The second kappa shape index (κ2) is 9.25. The number of benzene rings is 1. The molecule has 136 valence electrons. The van der Waals surface area contributed by atoms with Gasteiger partial charge >= 0.3 is 0 Å². The van der Waals surface area contributed by atoms with Gasteiger partial charge in [0.25, 0.3) is 5.91 Å². The number of methoxy groups -OCH3 is 2. The van der Waals surface area contributed by atoms with Gasteiger partial charge in [0.15, 0.2) is 0 Å². The monoisotopic (exact) mass is 345 g/mol. The van der Waals surface area contributed by atoms with Gasteiger partial charge in [0, 0.05) is 43.8 Å². The molecule has 0 radical (unpaired) electrons. The van der Waals surface area contributed by atoms with Crippen molar-refractivity contribution in [2.45, 2.75) is 13.8 Å². The summed E-state index contributed by atoms with van der Waals surface area (Å²) in [4.78, 5) is 12.5. The molecule has 1 aromatic heterocycles. The van der Waals surface area contributed by atoms with E-state index < -0.39 is 0 Å². The van der Waals surface area contributed by atoms with Crippen LogP contribution in [0.1, 0.15) is 21.7 Å². The van der Waals surface area contributed by atoms with Crippen LogP contribution in [-0.4, -0.2) is 50.9 Å². The average Bonchev–Trinajstić information content (AvgIpc) is 2.92. The van der Waals surface area contributed by atoms with Crippen molar-refractivity contribution in [2.24, 2.45) is 0 Å². The molecule has 0 aliphatic heterocycles. The predicted molar refractivity (Wildman–Crippen MR) is 98.9 cm³/mol. The fraction of sp³-hybridized carbons (Fsp3) is 0.421. The van der Waals surface area contributed by atoms with Crippen LogP contribution in [0.15, 0.2) is 30.3 Å². The maximum absolute atomic E-state index is 12.5. The Kier molecular flexibility index (Phi) is 7.03. The van der Waals surface area contributed by atoms with Crippen molar-refractivity contribution in [3.05, 3.63) is 47.3 Å². The summed E-state index contributed by atoms with van der Waals surface area (Å²) in [7, 11) is 3.32. The molecule has 2 rings (SSSR count). The van der Waals surface area contributed by atoms with Crippen molar-refractivity contribution in [3.63, 3.8) is 0 Å². The summed E-state index contributed by atoms with van der Waals surface area (Å²) in [6, 6.07) is 9.73. The minimum atomic E-state index is -0.0543. The molecule has 1 amide bonds. The number of hydrogen-bond donors (Lipinski definition) is 2. The van der Waals surface area contributed by atoms with Crippen LogP contribution in [0.3, 0.4) is 0 Å². The summed E-state index contributed by atoms with van der Waals surface area (Å²) in [6.07, 6.45) is 0. The van der Waals surface area contributed by atoms with E-state index in [0.29, 0.717) is 25.3 Å². The third kappa shape index (κ3) is 4.84. The van der Waals surface area contributed by atoms with Gasteiger partial charge in [0.2, 0.25) is 0 Å². The summed E-state index contributed by atoms with van der Waals surface area (Å²) < 4.78 is 12.2. The summed E-state index contributed by atoms with van der Waals surface area (Å²) in [5.41, 5.74) is 3.65. The van der Waals surface area contributed by atoms with Crippen LogP contribution >= 0.6 is 0 Å². The van der Waals surface area contributed by atoms with Crippen molar-refractivity contribution >= 4 is 5.91 Å². The minimum absolute atomic E-state index is 0.0543. The topological polar surface area (TPSA) is 64.5 Å². The highest BCUT2D eigenvalue weighted by Gasteiger charge is 2.16. The van der Waals surface area contributed by atoms with Gasteiger partial charge in [0.1, 0.15) is 5.75 Å². The van der Waals surface area contributed by atoms with E-state index >= 15 is 0 Å². The smallest absolute Gasteiger partial charge is 0.253 e. The Balaban J connectivity index is 2.03. The SMILES string of the molecule is COCCNCCNC(=O)c1cc(C)n(-c2ccc(OC)cc2)c1C. The fourth-order valence-electron chi connectivity index (χ4n) is 2.78. The van der Waals surface area contributed by atoms with E-state index in [0.717, 1.165) is 29.4 Å². The van der Waals surface area contributed by atoms with Crippen molar-refractivity contribution in [1.29, 1.82) is 0 Å². The van der Waals surface area contributed by atoms with Crippen LogP contribution in [0, 0.1) is 13.8 Å². The van der Waals surface area contributed by atoms with Crippen LogP contribution in [0.25, 0.3) is 5.69 Å². The number of rotatable bonds is 9. The number of carbonyl (C=O) groups is 1. The summed E-state index contributed by atoms with van der Waals surface area (Å²) in [5, 5.41) is 6.16. The van der Waals surface area contributed by atoms with Gasteiger partial charge in [-0.2, -0.15) is 0 Å². The first-order chi connectivity index (χ1) is 12.1. The normalized spacial score (nSPS) is 10.7. The number of nitrogens with zero attached hydrogens (tertiary/aromatic N) is 1. The van der Waals surface area contributed by atoms with Crippen molar-refractivity contribution < 1.29 is 14.3 Å². The van der Waals surface area contributed by atoms with Crippen LogP contribution in [-0.2, 0) is 4.74 Å². The Hall–Kier alpha value is -2.31. The van der Waals surface area contributed by atoms with E-state index in [4.69, 9.17) is 9.47 Å². The summed E-state index contributed by atoms with van der Waals surface area (Å²) in [5.74, 6) is 0.756. The molecule has 0 saturated heterocycles. The van der Waals surface area contributed by atoms with Gasteiger partial charge < -0.3 is 24.7 Å². The highest BCUT2D eigenvalue weighted by atomic mass is 16.5. The predicted octanol–water partition coefficient (Wildman–Crippen LogP) is 2.07. The molecule has 0 atom stereocenters. The van der Waals surface area contributed by atoms with Crippen LogP contribution < -0.4 is 15.4 Å². The largest absolute Gasteiger partial charge is 0.497 e. The molecule has 1 aromatic carbocycles. The highest BCUT2D eigenvalue weighted by molar-refractivity contribution is 5.95. The lowest BCUT2D eigenvalue weighted by Gasteiger charge is -2.11. The molecule has 1 heterocycles. The van der Waals surface area contributed by atoms with Crippen molar-refractivity contribution in [1.82, 2.24) is 15.2 Å². The number of nitrogens with one attached hydrogen (secondary N) is 2. The molecule has 0 aliphatic rings. The number of carbonyl (C=O) groups excluding carboxylic acids is 1.